The van der Waals surface area contributed by atoms with E-state index < -0.39 is 0 Å². The van der Waals surface area contributed by atoms with E-state index >= 15 is 0 Å². The second kappa shape index (κ2) is 9.80. The Hall–Kier alpha value is -3.81. The molecule has 31 heavy (non-hydrogen) atoms. The Kier molecular flexibility index (Phi) is 6.92. The Labute approximate surface area is 181 Å². The predicted octanol–water partition coefficient (Wildman–Crippen LogP) is 4.59. The minimum atomic E-state index is -0.247. The van der Waals surface area contributed by atoms with Crippen molar-refractivity contribution in [3.05, 3.63) is 59.9 Å². The van der Waals surface area contributed by atoms with Crippen LogP contribution in [0.3, 0.4) is 0 Å². The number of hydrogen-bond acceptors (Lipinski definition) is 7. The summed E-state index contributed by atoms with van der Waals surface area (Å²) in [4.78, 5) is 21.2. The lowest BCUT2D eigenvalue weighted by Gasteiger charge is -2.12. The molecule has 3 rings (SSSR count). The van der Waals surface area contributed by atoms with Crippen LogP contribution in [-0.4, -0.2) is 36.2 Å². The van der Waals surface area contributed by atoms with Crippen LogP contribution in [0.5, 0.6) is 17.4 Å². The zero-order chi connectivity index (χ0) is 22.4. The Balaban J connectivity index is 1.68. The largest absolute Gasteiger partial charge is 0.493 e. The molecule has 0 atom stereocenters. The Morgan fingerprint density at radius 1 is 0.903 bits per heavy atom. The number of ether oxygens (including phenoxy) is 3. The van der Waals surface area contributed by atoms with E-state index in [0.29, 0.717) is 40.3 Å². The van der Waals surface area contributed by atoms with Gasteiger partial charge >= 0.3 is 0 Å². The molecule has 8 heteroatoms. The highest BCUT2D eigenvalue weighted by molar-refractivity contribution is 6.04. The summed E-state index contributed by atoms with van der Waals surface area (Å²) in [6, 6.07) is 14.1. The highest BCUT2D eigenvalue weighted by atomic mass is 16.5. The fourth-order valence-electron chi connectivity index (χ4n) is 2.87. The highest BCUT2D eigenvalue weighted by Crippen LogP contribution is 2.28. The number of hydrogen-bond donors (Lipinski definition) is 2. The molecule has 0 spiro atoms. The fraction of sp³-hybridized carbons (Fsp3) is 0.261. The summed E-state index contributed by atoms with van der Waals surface area (Å²) in [5.41, 5.74) is 1.94. The van der Waals surface area contributed by atoms with Crippen molar-refractivity contribution in [1.82, 2.24) is 9.97 Å². The molecule has 0 aliphatic heterocycles. The highest BCUT2D eigenvalue weighted by Gasteiger charge is 2.11. The Bertz CT molecular complexity index is 1050. The van der Waals surface area contributed by atoms with Gasteiger partial charge in [-0.1, -0.05) is 0 Å². The first kappa shape index (κ1) is 21.9. The maximum absolute atomic E-state index is 12.6. The van der Waals surface area contributed by atoms with Crippen LogP contribution in [0.4, 0.5) is 17.2 Å². The minimum Gasteiger partial charge on any atom is -0.493 e. The fourth-order valence-corrected chi connectivity index (χ4v) is 2.87. The molecule has 0 fully saturated rings. The van der Waals surface area contributed by atoms with E-state index in [1.165, 1.54) is 7.11 Å². The van der Waals surface area contributed by atoms with E-state index in [9.17, 15) is 4.79 Å². The van der Waals surface area contributed by atoms with Gasteiger partial charge in [0.25, 0.3) is 5.91 Å². The van der Waals surface area contributed by atoms with Gasteiger partial charge in [-0.2, -0.15) is 4.98 Å². The van der Waals surface area contributed by atoms with Gasteiger partial charge in [-0.25, -0.2) is 4.98 Å². The SMILES string of the molecule is COc1ccc(C(=O)Nc2ccc(Nc3cc(OC(C)C)nc(C)n3)cc2)cc1OC. The average molecular weight is 422 g/mol. The number of nitrogens with one attached hydrogen (secondary N) is 2. The second-order valence-electron chi connectivity index (χ2n) is 7.03. The molecule has 0 aliphatic rings. The van der Waals surface area contributed by atoms with Gasteiger partial charge in [-0.3, -0.25) is 4.79 Å². The molecule has 0 bridgehead atoms. The number of aryl methyl sites for hydroxylation is 1. The maximum atomic E-state index is 12.6. The summed E-state index contributed by atoms with van der Waals surface area (Å²) in [7, 11) is 3.08. The molecular formula is C23H26N4O4. The number of carbonyl (C=O) groups excluding carboxylic acids is 1. The first-order chi connectivity index (χ1) is 14.9. The molecule has 1 aromatic heterocycles. The Morgan fingerprint density at radius 3 is 2.23 bits per heavy atom. The number of methoxy groups -OCH3 is 2. The summed E-state index contributed by atoms with van der Waals surface area (Å²) in [6.45, 7) is 5.70. The zero-order valence-corrected chi connectivity index (χ0v) is 18.2. The van der Waals surface area contributed by atoms with Crippen LogP contribution in [0.25, 0.3) is 0 Å². The van der Waals surface area contributed by atoms with Crippen LogP contribution < -0.4 is 24.8 Å². The third-order valence-corrected chi connectivity index (χ3v) is 4.23. The Morgan fingerprint density at radius 2 is 1.58 bits per heavy atom. The molecule has 3 aromatic rings. The number of amides is 1. The molecule has 162 valence electrons. The number of aromatic nitrogens is 2. The summed E-state index contributed by atoms with van der Waals surface area (Å²) in [5.74, 6) is 2.57. The molecule has 2 N–H and O–H groups in total. The van der Waals surface area contributed by atoms with Crippen LogP contribution in [0.15, 0.2) is 48.5 Å². The molecule has 1 amide bonds. The van der Waals surface area contributed by atoms with Crippen LogP contribution in [-0.2, 0) is 0 Å². The molecule has 1 heterocycles. The van der Waals surface area contributed by atoms with Gasteiger partial charge in [0.1, 0.15) is 11.6 Å². The molecule has 0 saturated carbocycles. The van der Waals surface area contributed by atoms with Crippen molar-refractivity contribution in [1.29, 1.82) is 0 Å². The summed E-state index contributed by atoms with van der Waals surface area (Å²) >= 11 is 0. The van der Waals surface area contributed by atoms with E-state index in [-0.39, 0.29) is 12.0 Å². The second-order valence-corrected chi connectivity index (χ2v) is 7.03. The molecule has 2 aromatic carbocycles. The lowest BCUT2D eigenvalue weighted by Crippen LogP contribution is -2.12. The molecule has 8 nitrogen and oxygen atoms in total. The number of benzene rings is 2. The number of rotatable bonds is 8. The zero-order valence-electron chi connectivity index (χ0n) is 18.2. The molecule has 0 saturated heterocycles. The first-order valence-electron chi connectivity index (χ1n) is 9.80. The molecular weight excluding hydrogens is 396 g/mol. The normalized spacial score (nSPS) is 10.5. The number of carbonyl (C=O) groups is 1. The van der Waals surface area contributed by atoms with Crippen molar-refractivity contribution in [2.24, 2.45) is 0 Å². The average Bonchev–Trinajstić information content (AvgIpc) is 2.73. The van der Waals surface area contributed by atoms with Gasteiger partial charge in [0.05, 0.1) is 20.3 Å². The summed E-state index contributed by atoms with van der Waals surface area (Å²) < 4.78 is 16.1. The van der Waals surface area contributed by atoms with Crippen molar-refractivity contribution >= 4 is 23.1 Å². The quantitative estimate of drug-likeness (QED) is 0.548. The van der Waals surface area contributed by atoms with E-state index in [4.69, 9.17) is 14.2 Å². The van der Waals surface area contributed by atoms with E-state index in [2.05, 4.69) is 20.6 Å². The summed E-state index contributed by atoms with van der Waals surface area (Å²) in [5, 5.41) is 6.09. The predicted molar refractivity (Wildman–Crippen MR) is 120 cm³/mol. The topological polar surface area (TPSA) is 94.6 Å². The minimum absolute atomic E-state index is 0.0238. The monoisotopic (exact) mass is 422 g/mol. The van der Waals surface area contributed by atoms with Gasteiger partial charge in [0, 0.05) is 23.0 Å². The lowest BCUT2D eigenvalue weighted by molar-refractivity contribution is 0.102. The van der Waals surface area contributed by atoms with Crippen LogP contribution in [0, 0.1) is 6.92 Å². The third-order valence-electron chi connectivity index (χ3n) is 4.23. The van der Waals surface area contributed by atoms with Gasteiger partial charge in [0.15, 0.2) is 11.5 Å². The third kappa shape index (κ3) is 5.85. The first-order valence-corrected chi connectivity index (χ1v) is 9.80. The van der Waals surface area contributed by atoms with Crippen molar-refractivity contribution in [2.75, 3.05) is 24.9 Å². The van der Waals surface area contributed by atoms with Gasteiger partial charge in [0.2, 0.25) is 5.88 Å². The van der Waals surface area contributed by atoms with Gasteiger partial charge in [-0.05, 0) is 63.2 Å². The van der Waals surface area contributed by atoms with E-state index in [1.54, 1.807) is 43.5 Å². The number of anilines is 3. The lowest BCUT2D eigenvalue weighted by atomic mass is 10.1. The standard InChI is InChI=1S/C23H26N4O4/c1-14(2)31-22-13-21(24-15(3)25-22)26-17-7-9-18(10-8-17)27-23(28)16-6-11-19(29-4)20(12-16)30-5/h6-14H,1-5H3,(H,27,28)(H,24,25,26). The molecule has 0 unspecified atom stereocenters. The van der Waals surface area contributed by atoms with Crippen molar-refractivity contribution in [3.8, 4) is 17.4 Å². The van der Waals surface area contributed by atoms with Crippen molar-refractivity contribution in [2.45, 2.75) is 26.9 Å². The molecule has 0 aliphatic carbocycles. The van der Waals surface area contributed by atoms with E-state index in [0.717, 1.165) is 5.69 Å². The number of nitrogens with zero attached hydrogens (tertiary/aromatic N) is 2. The van der Waals surface area contributed by atoms with Crippen LogP contribution in [0.2, 0.25) is 0 Å². The van der Waals surface area contributed by atoms with Gasteiger partial charge < -0.3 is 24.8 Å². The summed E-state index contributed by atoms with van der Waals surface area (Å²) in [6.07, 6.45) is 0.0238. The maximum Gasteiger partial charge on any atom is 0.255 e. The smallest absolute Gasteiger partial charge is 0.255 e. The van der Waals surface area contributed by atoms with E-state index in [1.807, 2.05) is 32.9 Å². The van der Waals surface area contributed by atoms with Crippen LogP contribution in [0.1, 0.15) is 30.0 Å². The van der Waals surface area contributed by atoms with Crippen LogP contribution >= 0.6 is 0 Å². The van der Waals surface area contributed by atoms with Crippen molar-refractivity contribution < 1.29 is 19.0 Å². The molecule has 0 radical (unpaired) electrons. The van der Waals surface area contributed by atoms with Gasteiger partial charge in [-0.15, -0.1) is 0 Å². The van der Waals surface area contributed by atoms with Crippen molar-refractivity contribution in [3.63, 3.8) is 0 Å².